The van der Waals surface area contributed by atoms with Crippen LogP contribution in [0.4, 0.5) is 0 Å². The van der Waals surface area contributed by atoms with Crippen molar-refractivity contribution in [1.29, 1.82) is 0 Å². The highest BCUT2D eigenvalue weighted by molar-refractivity contribution is 5.78. The van der Waals surface area contributed by atoms with Crippen LogP contribution in [0.15, 0.2) is 0 Å². The molecular weight excluding hydrogens is 218 g/mol. The van der Waals surface area contributed by atoms with Gasteiger partial charge in [-0.3, -0.25) is 4.79 Å². The van der Waals surface area contributed by atoms with Gasteiger partial charge in [0.05, 0.1) is 6.61 Å². The van der Waals surface area contributed by atoms with E-state index in [4.69, 9.17) is 4.74 Å². The summed E-state index contributed by atoms with van der Waals surface area (Å²) in [6.45, 7) is 2.39. The van der Waals surface area contributed by atoms with E-state index in [2.05, 4.69) is 5.32 Å². The summed E-state index contributed by atoms with van der Waals surface area (Å²) in [4.78, 5) is 11.5. The number of hydrogen-bond donors (Lipinski definition) is 2. The maximum Gasteiger partial charge on any atom is 0.323 e. The van der Waals surface area contributed by atoms with Crippen molar-refractivity contribution in [2.45, 2.75) is 50.5 Å². The predicted octanol–water partition coefficient (Wildman–Crippen LogP) is 1.79. The lowest BCUT2D eigenvalue weighted by atomic mass is 9.89. The predicted molar refractivity (Wildman–Crippen MR) is 65.0 cm³/mol. The van der Waals surface area contributed by atoms with Crippen molar-refractivity contribution in [3.05, 3.63) is 0 Å². The summed E-state index contributed by atoms with van der Waals surface area (Å²) < 4.78 is 5.33. The van der Waals surface area contributed by atoms with E-state index >= 15 is 0 Å². The van der Waals surface area contributed by atoms with Crippen molar-refractivity contribution in [3.63, 3.8) is 0 Å². The lowest BCUT2D eigenvalue weighted by Crippen LogP contribution is -2.53. The van der Waals surface area contributed by atoms with Crippen LogP contribution < -0.4 is 5.32 Å². The molecule has 17 heavy (non-hydrogen) atoms. The van der Waals surface area contributed by atoms with E-state index in [0.29, 0.717) is 5.92 Å². The minimum atomic E-state index is -0.668. The van der Waals surface area contributed by atoms with Gasteiger partial charge in [-0.15, -0.1) is 0 Å². The lowest BCUT2D eigenvalue weighted by Gasteiger charge is -2.30. The van der Waals surface area contributed by atoms with Crippen molar-refractivity contribution in [2.75, 3.05) is 19.8 Å². The number of nitrogens with one attached hydrogen (secondary N) is 1. The average Bonchev–Trinajstić information content (AvgIpc) is 2.71. The highest BCUT2D eigenvalue weighted by Crippen LogP contribution is 2.28. The van der Waals surface area contributed by atoms with Gasteiger partial charge in [0.25, 0.3) is 0 Å². The topological polar surface area (TPSA) is 58.6 Å². The average molecular weight is 241 g/mol. The van der Waals surface area contributed by atoms with Gasteiger partial charge >= 0.3 is 5.97 Å². The zero-order chi connectivity index (χ0) is 12.1. The molecule has 0 aromatic carbocycles. The molecule has 2 rings (SSSR count). The number of aliphatic carboxylic acids is 1. The van der Waals surface area contributed by atoms with Gasteiger partial charge in [-0.1, -0.05) is 25.7 Å². The molecule has 1 unspecified atom stereocenters. The van der Waals surface area contributed by atoms with E-state index in [0.717, 1.165) is 51.9 Å². The quantitative estimate of drug-likeness (QED) is 0.737. The standard InChI is InChI=1S/C13H23NO3/c15-12(16)13(6-3-1-2-4-7-13)14-9-11-5-8-17-10-11/h11,14H,1-10H2,(H,15,16). The van der Waals surface area contributed by atoms with Gasteiger partial charge in [0, 0.05) is 13.2 Å². The molecule has 1 saturated carbocycles. The molecule has 2 fully saturated rings. The van der Waals surface area contributed by atoms with Crippen molar-refractivity contribution < 1.29 is 14.6 Å². The van der Waals surface area contributed by atoms with Crippen LogP contribution in [-0.2, 0) is 9.53 Å². The normalized spacial score (nSPS) is 28.8. The van der Waals surface area contributed by atoms with Gasteiger partial charge in [0.15, 0.2) is 0 Å². The third-order valence-corrected chi connectivity index (χ3v) is 4.12. The second kappa shape index (κ2) is 5.83. The van der Waals surface area contributed by atoms with Crippen LogP contribution in [-0.4, -0.2) is 36.4 Å². The first-order valence-electron chi connectivity index (χ1n) is 6.79. The van der Waals surface area contributed by atoms with E-state index in [-0.39, 0.29) is 0 Å². The van der Waals surface area contributed by atoms with Gasteiger partial charge in [0.2, 0.25) is 0 Å². The zero-order valence-electron chi connectivity index (χ0n) is 10.4. The first kappa shape index (κ1) is 12.8. The number of carbonyl (C=O) groups is 1. The molecule has 1 aliphatic carbocycles. The second-order valence-corrected chi connectivity index (χ2v) is 5.41. The maximum atomic E-state index is 11.5. The number of rotatable bonds is 4. The van der Waals surface area contributed by atoms with Crippen LogP contribution in [0.3, 0.4) is 0 Å². The van der Waals surface area contributed by atoms with Crippen molar-refractivity contribution >= 4 is 5.97 Å². The third-order valence-electron chi connectivity index (χ3n) is 4.12. The second-order valence-electron chi connectivity index (χ2n) is 5.41. The van der Waals surface area contributed by atoms with Crippen LogP contribution in [0.1, 0.15) is 44.9 Å². The molecule has 0 radical (unpaired) electrons. The fourth-order valence-electron chi connectivity index (χ4n) is 2.88. The Morgan fingerprint density at radius 2 is 2.00 bits per heavy atom. The molecule has 0 bridgehead atoms. The Balaban J connectivity index is 1.92. The highest BCUT2D eigenvalue weighted by atomic mass is 16.5. The SMILES string of the molecule is O=C(O)C1(NCC2CCOC2)CCCCCC1. The van der Waals surface area contributed by atoms with Crippen molar-refractivity contribution in [2.24, 2.45) is 5.92 Å². The summed E-state index contributed by atoms with van der Waals surface area (Å²) in [6, 6.07) is 0. The van der Waals surface area contributed by atoms with Crippen molar-refractivity contribution in [3.8, 4) is 0 Å². The molecule has 1 saturated heterocycles. The highest BCUT2D eigenvalue weighted by Gasteiger charge is 2.38. The number of carboxylic acids is 1. The van der Waals surface area contributed by atoms with E-state index in [9.17, 15) is 9.90 Å². The first-order valence-corrected chi connectivity index (χ1v) is 6.79. The van der Waals surface area contributed by atoms with Gasteiger partial charge < -0.3 is 15.2 Å². The minimum absolute atomic E-state index is 0.495. The molecule has 98 valence electrons. The van der Waals surface area contributed by atoms with Gasteiger partial charge in [0.1, 0.15) is 5.54 Å². The molecule has 1 heterocycles. The summed E-state index contributed by atoms with van der Waals surface area (Å²) in [5, 5.41) is 12.8. The molecule has 4 nitrogen and oxygen atoms in total. The summed E-state index contributed by atoms with van der Waals surface area (Å²) in [7, 11) is 0. The van der Waals surface area contributed by atoms with Crippen LogP contribution in [0.25, 0.3) is 0 Å². The van der Waals surface area contributed by atoms with Crippen LogP contribution in [0, 0.1) is 5.92 Å². The third kappa shape index (κ3) is 3.19. The van der Waals surface area contributed by atoms with Crippen LogP contribution >= 0.6 is 0 Å². The molecule has 1 atom stereocenters. The largest absolute Gasteiger partial charge is 0.480 e. The Labute approximate surface area is 103 Å². The van der Waals surface area contributed by atoms with E-state index in [1.54, 1.807) is 0 Å². The van der Waals surface area contributed by atoms with E-state index in [1.165, 1.54) is 12.8 Å². The number of hydrogen-bond acceptors (Lipinski definition) is 3. The smallest absolute Gasteiger partial charge is 0.323 e. The molecule has 0 aromatic heterocycles. The fourth-order valence-corrected chi connectivity index (χ4v) is 2.88. The molecule has 4 heteroatoms. The van der Waals surface area contributed by atoms with Crippen LogP contribution in [0.2, 0.25) is 0 Å². The summed E-state index contributed by atoms with van der Waals surface area (Å²) in [5.41, 5.74) is -0.668. The fraction of sp³-hybridized carbons (Fsp3) is 0.923. The van der Waals surface area contributed by atoms with Crippen molar-refractivity contribution in [1.82, 2.24) is 5.32 Å². The number of ether oxygens (including phenoxy) is 1. The Hall–Kier alpha value is -0.610. The summed E-state index contributed by atoms with van der Waals surface area (Å²) in [6.07, 6.45) is 7.00. The van der Waals surface area contributed by atoms with Gasteiger partial charge in [-0.25, -0.2) is 0 Å². The molecule has 2 aliphatic rings. The molecule has 1 aliphatic heterocycles. The summed E-state index contributed by atoms with van der Waals surface area (Å²) >= 11 is 0. The van der Waals surface area contributed by atoms with Gasteiger partial charge in [-0.2, -0.15) is 0 Å². The van der Waals surface area contributed by atoms with E-state index in [1.807, 2.05) is 0 Å². The Morgan fingerprint density at radius 3 is 2.53 bits per heavy atom. The number of carboxylic acid groups (broad SMARTS) is 1. The Bertz CT molecular complexity index is 253. The first-order chi connectivity index (χ1) is 8.23. The zero-order valence-corrected chi connectivity index (χ0v) is 10.4. The maximum absolute atomic E-state index is 11.5. The monoisotopic (exact) mass is 241 g/mol. The molecule has 0 aromatic rings. The Morgan fingerprint density at radius 1 is 1.29 bits per heavy atom. The lowest BCUT2D eigenvalue weighted by molar-refractivity contribution is -0.145. The summed E-state index contributed by atoms with van der Waals surface area (Å²) in [5.74, 6) is -0.173. The minimum Gasteiger partial charge on any atom is -0.480 e. The molecule has 0 amide bonds. The Kier molecular flexibility index (Phi) is 4.40. The van der Waals surface area contributed by atoms with E-state index < -0.39 is 11.5 Å². The van der Waals surface area contributed by atoms with Gasteiger partial charge in [-0.05, 0) is 25.2 Å². The van der Waals surface area contributed by atoms with Crippen LogP contribution in [0.5, 0.6) is 0 Å². The molecule has 2 N–H and O–H groups in total. The molecule has 0 spiro atoms. The molecular formula is C13H23NO3.